The standard InChI is InChI=1S/C23H25N3OS/c1-2-18-8-10-19(11-9-18)16-21-22(27)24-23(28-21)26-14-12-25(13-15-26)17-20-6-4-3-5-7-20/h3-11,16H,2,12-15,17H2,1H3. The molecule has 4 rings (SSSR count). The van der Waals surface area contributed by atoms with Gasteiger partial charge < -0.3 is 4.90 Å². The molecule has 0 aromatic heterocycles. The third-order valence-corrected chi connectivity index (χ3v) is 6.23. The van der Waals surface area contributed by atoms with Crippen LogP contribution in [0.4, 0.5) is 0 Å². The number of amidine groups is 1. The lowest BCUT2D eigenvalue weighted by atomic mass is 10.1. The van der Waals surface area contributed by atoms with Crippen LogP contribution in [0.5, 0.6) is 0 Å². The van der Waals surface area contributed by atoms with E-state index in [9.17, 15) is 4.79 Å². The summed E-state index contributed by atoms with van der Waals surface area (Å²) in [7, 11) is 0. The summed E-state index contributed by atoms with van der Waals surface area (Å²) in [5.74, 6) is -0.119. The number of thioether (sulfide) groups is 1. The maximum atomic E-state index is 12.3. The molecule has 2 heterocycles. The van der Waals surface area contributed by atoms with Gasteiger partial charge in [0.05, 0.1) is 4.91 Å². The minimum atomic E-state index is -0.119. The van der Waals surface area contributed by atoms with Crippen LogP contribution in [0, 0.1) is 0 Å². The first-order chi connectivity index (χ1) is 13.7. The van der Waals surface area contributed by atoms with Gasteiger partial charge >= 0.3 is 0 Å². The Hall–Kier alpha value is -2.37. The summed E-state index contributed by atoms with van der Waals surface area (Å²) in [5, 5.41) is 0.848. The van der Waals surface area contributed by atoms with E-state index in [4.69, 9.17) is 0 Å². The molecule has 2 aromatic carbocycles. The highest BCUT2D eigenvalue weighted by Crippen LogP contribution is 2.30. The van der Waals surface area contributed by atoms with Gasteiger partial charge in [0.1, 0.15) is 0 Å². The highest BCUT2D eigenvalue weighted by molar-refractivity contribution is 8.18. The summed E-state index contributed by atoms with van der Waals surface area (Å²) < 4.78 is 0. The highest BCUT2D eigenvalue weighted by atomic mass is 32.2. The predicted octanol–water partition coefficient (Wildman–Crippen LogP) is 4.04. The quantitative estimate of drug-likeness (QED) is 0.737. The Kier molecular flexibility index (Phi) is 5.93. The van der Waals surface area contributed by atoms with Crippen LogP contribution in [0.1, 0.15) is 23.6 Å². The molecule has 1 amide bonds. The summed E-state index contributed by atoms with van der Waals surface area (Å²) >= 11 is 1.50. The van der Waals surface area contributed by atoms with E-state index in [1.807, 2.05) is 6.08 Å². The van der Waals surface area contributed by atoms with E-state index < -0.39 is 0 Å². The number of carbonyl (C=O) groups excluding carboxylic acids is 1. The number of amides is 1. The van der Waals surface area contributed by atoms with Gasteiger partial charge in [-0.3, -0.25) is 9.69 Å². The number of rotatable bonds is 4. The molecule has 2 aliphatic heterocycles. The number of piperazine rings is 1. The van der Waals surface area contributed by atoms with E-state index in [0.717, 1.165) is 49.9 Å². The zero-order valence-electron chi connectivity index (χ0n) is 16.2. The maximum absolute atomic E-state index is 12.3. The number of aryl methyl sites for hydroxylation is 1. The molecule has 28 heavy (non-hydrogen) atoms. The average Bonchev–Trinajstić information content (AvgIpc) is 3.10. The molecule has 4 nitrogen and oxygen atoms in total. The minimum absolute atomic E-state index is 0.119. The first-order valence-electron chi connectivity index (χ1n) is 9.84. The van der Waals surface area contributed by atoms with E-state index in [1.165, 1.54) is 22.9 Å². The van der Waals surface area contributed by atoms with Gasteiger partial charge in [0, 0.05) is 32.7 Å². The molecule has 2 aromatic rings. The second-order valence-electron chi connectivity index (χ2n) is 7.15. The second-order valence-corrected chi connectivity index (χ2v) is 8.16. The fraction of sp³-hybridized carbons (Fsp3) is 0.304. The molecule has 0 aliphatic carbocycles. The van der Waals surface area contributed by atoms with Crippen LogP contribution in [0.3, 0.4) is 0 Å². The normalized spacial score (nSPS) is 19.3. The van der Waals surface area contributed by atoms with E-state index in [1.54, 1.807) is 0 Å². The average molecular weight is 392 g/mol. The highest BCUT2D eigenvalue weighted by Gasteiger charge is 2.28. The SMILES string of the molecule is CCc1ccc(C=C2SC(N3CCN(Cc4ccccc4)CC3)=NC2=O)cc1. The van der Waals surface area contributed by atoms with E-state index in [0.29, 0.717) is 4.91 Å². The van der Waals surface area contributed by atoms with Crippen molar-refractivity contribution in [3.63, 3.8) is 0 Å². The third kappa shape index (κ3) is 4.54. The molecule has 144 valence electrons. The smallest absolute Gasteiger partial charge is 0.286 e. The maximum Gasteiger partial charge on any atom is 0.286 e. The van der Waals surface area contributed by atoms with Crippen molar-refractivity contribution < 1.29 is 4.79 Å². The first-order valence-corrected chi connectivity index (χ1v) is 10.7. The van der Waals surface area contributed by atoms with Crippen molar-refractivity contribution in [3.8, 4) is 0 Å². The van der Waals surface area contributed by atoms with Gasteiger partial charge in [-0.2, -0.15) is 4.99 Å². The van der Waals surface area contributed by atoms with Gasteiger partial charge in [0.15, 0.2) is 5.17 Å². The van der Waals surface area contributed by atoms with Crippen molar-refractivity contribution in [3.05, 3.63) is 76.2 Å². The zero-order chi connectivity index (χ0) is 19.3. The largest absolute Gasteiger partial charge is 0.348 e. The molecule has 2 aliphatic rings. The molecule has 0 saturated carbocycles. The van der Waals surface area contributed by atoms with E-state index in [-0.39, 0.29) is 5.91 Å². The van der Waals surface area contributed by atoms with Crippen molar-refractivity contribution >= 4 is 28.9 Å². The van der Waals surface area contributed by atoms with Crippen molar-refractivity contribution in [2.45, 2.75) is 19.9 Å². The monoisotopic (exact) mass is 391 g/mol. The van der Waals surface area contributed by atoms with Gasteiger partial charge in [-0.1, -0.05) is 61.5 Å². The van der Waals surface area contributed by atoms with Crippen LogP contribution in [-0.4, -0.2) is 47.1 Å². The molecule has 0 atom stereocenters. The number of carbonyl (C=O) groups is 1. The molecule has 5 heteroatoms. The first kappa shape index (κ1) is 19.0. The van der Waals surface area contributed by atoms with Crippen LogP contribution >= 0.6 is 11.8 Å². The molecule has 1 saturated heterocycles. The number of hydrogen-bond donors (Lipinski definition) is 0. The molecular weight excluding hydrogens is 366 g/mol. The zero-order valence-corrected chi connectivity index (χ0v) is 17.0. The van der Waals surface area contributed by atoms with Gasteiger partial charge in [0.25, 0.3) is 5.91 Å². The van der Waals surface area contributed by atoms with Crippen LogP contribution in [0.15, 0.2) is 64.5 Å². The number of hydrogen-bond acceptors (Lipinski definition) is 4. The van der Waals surface area contributed by atoms with Crippen LogP contribution in [0.2, 0.25) is 0 Å². The lowest BCUT2D eigenvalue weighted by molar-refractivity contribution is -0.113. The molecule has 0 spiro atoms. The number of nitrogens with zero attached hydrogens (tertiary/aromatic N) is 3. The van der Waals surface area contributed by atoms with Gasteiger partial charge in [-0.25, -0.2) is 0 Å². The summed E-state index contributed by atoms with van der Waals surface area (Å²) in [6.07, 6.45) is 2.97. The lowest BCUT2D eigenvalue weighted by Gasteiger charge is -2.35. The molecular formula is C23H25N3OS. The van der Waals surface area contributed by atoms with E-state index in [2.05, 4.69) is 76.3 Å². The Morgan fingerprint density at radius 1 is 0.964 bits per heavy atom. The fourth-order valence-corrected chi connectivity index (χ4v) is 4.44. The summed E-state index contributed by atoms with van der Waals surface area (Å²) in [4.78, 5) is 22.1. The van der Waals surface area contributed by atoms with Crippen LogP contribution in [0.25, 0.3) is 6.08 Å². The molecule has 1 fully saturated rings. The minimum Gasteiger partial charge on any atom is -0.348 e. The number of benzene rings is 2. The van der Waals surface area contributed by atoms with E-state index >= 15 is 0 Å². The Balaban J connectivity index is 1.34. The van der Waals surface area contributed by atoms with Crippen molar-refractivity contribution in [1.82, 2.24) is 9.80 Å². The van der Waals surface area contributed by atoms with Crippen LogP contribution in [-0.2, 0) is 17.8 Å². The van der Waals surface area contributed by atoms with Gasteiger partial charge in [-0.05, 0) is 40.9 Å². The molecule has 0 radical (unpaired) electrons. The van der Waals surface area contributed by atoms with Crippen molar-refractivity contribution in [2.24, 2.45) is 4.99 Å². The fourth-order valence-electron chi connectivity index (χ4n) is 3.47. The van der Waals surface area contributed by atoms with Gasteiger partial charge in [0.2, 0.25) is 0 Å². The summed E-state index contributed by atoms with van der Waals surface area (Å²) in [6.45, 7) is 6.91. The Morgan fingerprint density at radius 3 is 2.36 bits per heavy atom. The lowest BCUT2D eigenvalue weighted by Crippen LogP contribution is -2.47. The third-order valence-electron chi connectivity index (χ3n) is 5.19. The van der Waals surface area contributed by atoms with Gasteiger partial charge in [-0.15, -0.1) is 0 Å². The number of aliphatic imine (C=N–C) groups is 1. The van der Waals surface area contributed by atoms with Crippen molar-refractivity contribution in [1.29, 1.82) is 0 Å². The topological polar surface area (TPSA) is 35.9 Å². The second kappa shape index (κ2) is 8.76. The summed E-state index contributed by atoms with van der Waals surface area (Å²) in [6, 6.07) is 18.9. The summed E-state index contributed by atoms with van der Waals surface area (Å²) in [5.41, 5.74) is 3.70. The van der Waals surface area contributed by atoms with Crippen molar-refractivity contribution in [2.75, 3.05) is 26.2 Å². The predicted molar refractivity (Wildman–Crippen MR) is 117 cm³/mol. The van der Waals surface area contributed by atoms with Crippen LogP contribution < -0.4 is 0 Å². The Labute approximate surface area is 171 Å². The molecule has 0 unspecified atom stereocenters. The molecule has 0 N–H and O–H groups in total. The molecule has 0 bridgehead atoms. The Bertz CT molecular complexity index is 882. The Morgan fingerprint density at radius 2 is 1.68 bits per heavy atom.